The van der Waals surface area contributed by atoms with Crippen molar-refractivity contribution >= 4 is 11.9 Å². The summed E-state index contributed by atoms with van der Waals surface area (Å²) in [5.74, 6) is -1.08. The van der Waals surface area contributed by atoms with Gasteiger partial charge in [0.2, 0.25) is 0 Å². The number of carboxylic acid groups (broad SMARTS) is 1. The Morgan fingerprint density at radius 3 is 2.35 bits per heavy atom. The molecule has 0 saturated carbocycles. The minimum Gasteiger partial charge on any atom is -0.480 e. The third-order valence-corrected chi connectivity index (χ3v) is 3.21. The Kier molecular flexibility index (Phi) is 6.80. The molecule has 0 aliphatic rings. The van der Waals surface area contributed by atoms with Crippen LogP contribution < -0.4 is 5.32 Å². The molecule has 0 fully saturated rings. The third-order valence-electron chi connectivity index (χ3n) is 3.21. The summed E-state index contributed by atoms with van der Waals surface area (Å²) < 4.78 is 4.51. The number of hydrogen-bond donors (Lipinski definition) is 2. The number of hydrogen-bond acceptors (Lipinski definition) is 4. The van der Waals surface area contributed by atoms with Gasteiger partial charge in [0.15, 0.2) is 0 Å². The van der Waals surface area contributed by atoms with Gasteiger partial charge in [-0.15, -0.1) is 0 Å². The highest BCUT2D eigenvalue weighted by atomic mass is 16.5. The molecule has 0 saturated heterocycles. The molecule has 0 amide bonds. The largest absolute Gasteiger partial charge is 0.480 e. The summed E-state index contributed by atoms with van der Waals surface area (Å²) in [4.78, 5) is 22.5. The van der Waals surface area contributed by atoms with E-state index in [9.17, 15) is 14.7 Å². The lowest BCUT2D eigenvalue weighted by atomic mass is 9.84. The fourth-order valence-electron chi connectivity index (χ4n) is 1.71. The van der Waals surface area contributed by atoms with Crippen LogP contribution in [0.5, 0.6) is 0 Å². The van der Waals surface area contributed by atoms with E-state index in [0.29, 0.717) is 12.8 Å². The minimum absolute atomic E-state index is 0.0763. The predicted molar refractivity (Wildman–Crippen MR) is 64.7 cm³/mol. The molecule has 0 aromatic heterocycles. The van der Waals surface area contributed by atoms with Gasteiger partial charge in [0.1, 0.15) is 5.54 Å². The molecule has 2 atom stereocenters. The Balaban J connectivity index is 4.70. The van der Waals surface area contributed by atoms with Crippen molar-refractivity contribution < 1.29 is 19.4 Å². The Bertz CT molecular complexity index is 267. The van der Waals surface area contributed by atoms with Crippen LogP contribution in [0.4, 0.5) is 0 Å². The predicted octanol–water partition coefficient (Wildman–Crippen LogP) is 1.42. The van der Waals surface area contributed by atoms with Crippen molar-refractivity contribution in [3.63, 3.8) is 0 Å². The van der Waals surface area contributed by atoms with Crippen molar-refractivity contribution in [1.29, 1.82) is 0 Å². The van der Waals surface area contributed by atoms with Crippen LogP contribution in [0.3, 0.4) is 0 Å². The van der Waals surface area contributed by atoms with Gasteiger partial charge in [0, 0.05) is 0 Å². The first-order chi connectivity index (χ1) is 7.91. The number of carboxylic acids is 1. The molecule has 5 nitrogen and oxygen atoms in total. The van der Waals surface area contributed by atoms with E-state index in [0.717, 1.165) is 6.42 Å². The van der Waals surface area contributed by atoms with E-state index in [-0.39, 0.29) is 12.5 Å². The molecule has 2 N–H and O–H groups in total. The van der Waals surface area contributed by atoms with Crippen molar-refractivity contribution in [3.05, 3.63) is 0 Å². The fourth-order valence-corrected chi connectivity index (χ4v) is 1.71. The van der Waals surface area contributed by atoms with Gasteiger partial charge in [0.25, 0.3) is 0 Å². The Morgan fingerprint density at radius 1 is 1.41 bits per heavy atom. The van der Waals surface area contributed by atoms with Gasteiger partial charge in [-0.2, -0.15) is 0 Å². The van der Waals surface area contributed by atoms with Crippen molar-refractivity contribution in [3.8, 4) is 0 Å². The molecular weight excluding hydrogens is 222 g/mol. The zero-order valence-electron chi connectivity index (χ0n) is 11.1. The van der Waals surface area contributed by atoms with E-state index >= 15 is 0 Å². The fraction of sp³-hybridized carbons (Fsp3) is 0.833. The van der Waals surface area contributed by atoms with E-state index in [4.69, 9.17) is 0 Å². The first kappa shape index (κ1) is 15.9. The number of nitrogens with one attached hydrogen (secondary N) is 1. The van der Waals surface area contributed by atoms with Gasteiger partial charge in [-0.25, -0.2) is 0 Å². The lowest BCUT2D eigenvalue weighted by Gasteiger charge is -2.31. The number of aliphatic carboxylic acids is 1. The second-order valence-corrected chi connectivity index (χ2v) is 4.39. The quantitative estimate of drug-likeness (QED) is 0.632. The van der Waals surface area contributed by atoms with Gasteiger partial charge in [-0.05, 0) is 18.8 Å². The highest BCUT2D eigenvalue weighted by Gasteiger charge is 2.37. The smallest absolute Gasteiger partial charge is 0.323 e. The van der Waals surface area contributed by atoms with Gasteiger partial charge in [-0.1, -0.05) is 27.2 Å². The first-order valence-corrected chi connectivity index (χ1v) is 5.97. The molecule has 0 radical (unpaired) electrons. The van der Waals surface area contributed by atoms with Gasteiger partial charge in [-0.3, -0.25) is 14.9 Å². The van der Waals surface area contributed by atoms with E-state index in [1.807, 2.05) is 13.8 Å². The molecule has 0 heterocycles. The maximum absolute atomic E-state index is 11.4. The lowest BCUT2D eigenvalue weighted by Crippen LogP contribution is -2.54. The maximum atomic E-state index is 11.4. The summed E-state index contributed by atoms with van der Waals surface area (Å²) in [5, 5.41) is 12.2. The number of carbonyl (C=O) groups is 2. The second kappa shape index (κ2) is 7.27. The minimum atomic E-state index is -1.04. The van der Waals surface area contributed by atoms with Gasteiger partial charge < -0.3 is 9.84 Å². The molecule has 2 unspecified atom stereocenters. The molecule has 0 aromatic rings. The molecule has 0 aromatic carbocycles. The van der Waals surface area contributed by atoms with Gasteiger partial charge in [0.05, 0.1) is 13.7 Å². The molecule has 17 heavy (non-hydrogen) atoms. The molecule has 100 valence electrons. The van der Waals surface area contributed by atoms with Crippen LogP contribution in [0.2, 0.25) is 0 Å². The van der Waals surface area contributed by atoms with Crippen LogP contribution in [0, 0.1) is 5.92 Å². The van der Waals surface area contributed by atoms with E-state index in [2.05, 4.69) is 10.1 Å². The summed E-state index contributed by atoms with van der Waals surface area (Å²) in [6, 6.07) is 0. The van der Waals surface area contributed by atoms with Crippen molar-refractivity contribution in [2.24, 2.45) is 5.92 Å². The van der Waals surface area contributed by atoms with Crippen molar-refractivity contribution in [2.45, 2.75) is 45.6 Å². The normalized spacial score (nSPS) is 16.0. The monoisotopic (exact) mass is 245 g/mol. The molecule has 0 aliphatic carbocycles. The number of rotatable bonds is 8. The lowest BCUT2D eigenvalue weighted by molar-refractivity contribution is -0.147. The highest BCUT2D eigenvalue weighted by Crippen LogP contribution is 2.23. The summed E-state index contributed by atoms with van der Waals surface area (Å²) in [5.41, 5.74) is -1.04. The number of carbonyl (C=O) groups excluding carboxylic acids is 1. The molecular formula is C12H23NO4. The molecule has 0 spiro atoms. The average Bonchev–Trinajstić information content (AvgIpc) is 2.33. The highest BCUT2D eigenvalue weighted by molar-refractivity contribution is 5.80. The molecule has 5 heteroatoms. The molecule has 0 rings (SSSR count). The van der Waals surface area contributed by atoms with Crippen molar-refractivity contribution in [2.75, 3.05) is 13.7 Å². The van der Waals surface area contributed by atoms with Crippen LogP contribution >= 0.6 is 0 Å². The first-order valence-electron chi connectivity index (χ1n) is 5.97. The summed E-state index contributed by atoms with van der Waals surface area (Å²) in [6.45, 7) is 5.76. The van der Waals surface area contributed by atoms with Crippen LogP contribution in [0.1, 0.15) is 40.0 Å². The Hall–Kier alpha value is -1.10. The van der Waals surface area contributed by atoms with Crippen LogP contribution in [-0.2, 0) is 14.3 Å². The van der Waals surface area contributed by atoms with Crippen LogP contribution in [0.15, 0.2) is 0 Å². The SMILES string of the molecule is CCC(C)CC(CC)(NCC(=O)OC)C(=O)O. The molecule has 0 aliphatic heterocycles. The summed E-state index contributed by atoms with van der Waals surface area (Å²) in [7, 11) is 1.28. The zero-order chi connectivity index (χ0) is 13.5. The standard InChI is InChI=1S/C12H23NO4/c1-5-9(3)7-12(6-2,11(15)16)13-8-10(14)17-4/h9,13H,5-8H2,1-4H3,(H,15,16). The van der Waals surface area contributed by atoms with Crippen molar-refractivity contribution in [1.82, 2.24) is 5.32 Å². The topological polar surface area (TPSA) is 75.6 Å². The summed E-state index contributed by atoms with van der Waals surface area (Å²) in [6.07, 6.45) is 1.85. The Morgan fingerprint density at radius 2 is 2.00 bits per heavy atom. The number of methoxy groups -OCH3 is 1. The average molecular weight is 245 g/mol. The zero-order valence-corrected chi connectivity index (χ0v) is 11.1. The summed E-state index contributed by atoms with van der Waals surface area (Å²) >= 11 is 0. The maximum Gasteiger partial charge on any atom is 0.323 e. The number of esters is 1. The van der Waals surface area contributed by atoms with Crippen LogP contribution in [0.25, 0.3) is 0 Å². The molecule has 0 bridgehead atoms. The van der Waals surface area contributed by atoms with E-state index in [1.165, 1.54) is 7.11 Å². The number of ether oxygens (including phenoxy) is 1. The van der Waals surface area contributed by atoms with E-state index in [1.54, 1.807) is 6.92 Å². The Labute approximate surface area is 103 Å². The van der Waals surface area contributed by atoms with E-state index < -0.39 is 17.5 Å². The van der Waals surface area contributed by atoms with Gasteiger partial charge >= 0.3 is 11.9 Å². The third kappa shape index (κ3) is 4.73. The second-order valence-electron chi connectivity index (χ2n) is 4.39. The van der Waals surface area contributed by atoms with Crippen LogP contribution in [-0.4, -0.2) is 36.2 Å².